The molecule has 0 spiro atoms. The Hall–Kier alpha value is -0.0800. The van der Waals surface area contributed by atoms with E-state index in [1.807, 2.05) is 0 Å². The molecular formula is C14H27NO. The van der Waals surface area contributed by atoms with Crippen molar-refractivity contribution >= 4 is 0 Å². The van der Waals surface area contributed by atoms with Crippen molar-refractivity contribution in [3.05, 3.63) is 0 Å². The summed E-state index contributed by atoms with van der Waals surface area (Å²) in [6, 6.07) is 1.33. The van der Waals surface area contributed by atoms with Crippen molar-refractivity contribution in [3.8, 4) is 0 Å². The summed E-state index contributed by atoms with van der Waals surface area (Å²) in [6.07, 6.45) is 10.6. The highest BCUT2D eigenvalue weighted by atomic mass is 16.3. The van der Waals surface area contributed by atoms with E-state index in [0.717, 1.165) is 24.3 Å². The molecule has 0 aliphatic heterocycles. The maximum Gasteiger partial charge on any atom is 0.0445 e. The van der Waals surface area contributed by atoms with Gasteiger partial charge in [0.25, 0.3) is 0 Å². The summed E-state index contributed by atoms with van der Waals surface area (Å²) in [7, 11) is 0. The quantitative estimate of drug-likeness (QED) is 0.728. The molecule has 0 aromatic carbocycles. The Bertz CT molecular complexity index is 203. The molecule has 2 N–H and O–H groups in total. The molecule has 2 heteroatoms. The average Bonchev–Trinajstić information content (AvgIpc) is 3.13. The fourth-order valence-electron chi connectivity index (χ4n) is 3.21. The molecule has 0 amide bonds. The first-order valence-electron chi connectivity index (χ1n) is 7.20. The highest BCUT2D eigenvalue weighted by molar-refractivity contribution is 4.89. The summed E-state index contributed by atoms with van der Waals surface area (Å²) in [6.45, 7) is 2.66. The summed E-state index contributed by atoms with van der Waals surface area (Å²) in [5.41, 5.74) is 0. The van der Waals surface area contributed by atoms with Gasteiger partial charge in [0.1, 0.15) is 0 Å². The Balaban J connectivity index is 1.77. The van der Waals surface area contributed by atoms with E-state index in [1.165, 1.54) is 44.9 Å². The number of rotatable bonds is 6. The molecule has 16 heavy (non-hydrogen) atoms. The van der Waals surface area contributed by atoms with E-state index >= 15 is 0 Å². The fraction of sp³-hybridized carbons (Fsp3) is 1.00. The third-order valence-corrected chi connectivity index (χ3v) is 4.44. The van der Waals surface area contributed by atoms with Gasteiger partial charge in [-0.3, -0.25) is 0 Å². The van der Waals surface area contributed by atoms with Gasteiger partial charge in [-0.15, -0.1) is 0 Å². The van der Waals surface area contributed by atoms with Crippen molar-refractivity contribution in [2.75, 3.05) is 6.61 Å². The van der Waals surface area contributed by atoms with Gasteiger partial charge in [0.05, 0.1) is 0 Å². The third-order valence-electron chi connectivity index (χ3n) is 4.44. The lowest BCUT2D eigenvalue weighted by Gasteiger charge is -2.32. The van der Waals surface area contributed by atoms with E-state index in [2.05, 4.69) is 12.2 Å². The third kappa shape index (κ3) is 3.46. The van der Waals surface area contributed by atoms with Crippen molar-refractivity contribution < 1.29 is 5.11 Å². The summed E-state index contributed by atoms with van der Waals surface area (Å²) >= 11 is 0. The molecule has 2 aliphatic rings. The lowest BCUT2D eigenvalue weighted by atomic mass is 9.83. The minimum Gasteiger partial charge on any atom is -0.396 e. The maximum atomic E-state index is 9.10. The van der Waals surface area contributed by atoms with Gasteiger partial charge in [-0.05, 0) is 43.9 Å². The standard InChI is InChI=1S/C14H27NO/c1-2-11-4-3-5-13(10-11)15-14(8-9-16)12-6-7-12/h11-16H,2-10H2,1H3. The average molecular weight is 225 g/mol. The summed E-state index contributed by atoms with van der Waals surface area (Å²) in [4.78, 5) is 0. The normalized spacial score (nSPS) is 32.6. The smallest absolute Gasteiger partial charge is 0.0445 e. The van der Waals surface area contributed by atoms with Gasteiger partial charge < -0.3 is 10.4 Å². The summed E-state index contributed by atoms with van der Waals surface area (Å²) in [5, 5.41) is 12.9. The van der Waals surface area contributed by atoms with Crippen LogP contribution in [0.2, 0.25) is 0 Å². The Labute approximate surface area is 99.8 Å². The lowest BCUT2D eigenvalue weighted by molar-refractivity contribution is 0.218. The first-order valence-corrected chi connectivity index (χ1v) is 7.20. The molecule has 2 fully saturated rings. The monoisotopic (exact) mass is 225 g/mol. The molecule has 2 nitrogen and oxygen atoms in total. The van der Waals surface area contributed by atoms with Gasteiger partial charge >= 0.3 is 0 Å². The van der Waals surface area contributed by atoms with Crippen LogP contribution in [0.5, 0.6) is 0 Å². The first kappa shape index (κ1) is 12.4. The van der Waals surface area contributed by atoms with Crippen molar-refractivity contribution in [2.45, 2.75) is 70.4 Å². The Morgan fingerprint density at radius 2 is 2.06 bits per heavy atom. The number of aliphatic hydroxyl groups excluding tert-OH is 1. The topological polar surface area (TPSA) is 32.3 Å². The van der Waals surface area contributed by atoms with Crippen LogP contribution < -0.4 is 5.32 Å². The van der Waals surface area contributed by atoms with Crippen LogP contribution in [0.3, 0.4) is 0 Å². The zero-order valence-corrected chi connectivity index (χ0v) is 10.6. The first-order chi connectivity index (χ1) is 7.83. The van der Waals surface area contributed by atoms with Crippen molar-refractivity contribution in [1.82, 2.24) is 5.32 Å². The number of hydrogen-bond donors (Lipinski definition) is 2. The van der Waals surface area contributed by atoms with Crippen LogP contribution in [0.15, 0.2) is 0 Å². The summed E-state index contributed by atoms with van der Waals surface area (Å²) < 4.78 is 0. The van der Waals surface area contributed by atoms with Gasteiger partial charge in [-0.25, -0.2) is 0 Å². The van der Waals surface area contributed by atoms with Crippen LogP contribution >= 0.6 is 0 Å². The minimum atomic E-state index is 0.345. The van der Waals surface area contributed by atoms with Gasteiger partial charge in [0.15, 0.2) is 0 Å². The van der Waals surface area contributed by atoms with Crippen molar-refractivity contribution in [2.24, 2.45) is 11.8 Å². The van der Waals surface area contributed by atoms with Crippen LogP contribution in [0.25, 0.3) is 0 Å². The summed E-state index contributed by atoms with van der Waals surface area (Å²) in [5.74, 6) is 1.81. The predicted octanol–water partition coefficient (Wildman–Crippen LogP) is 2.71. The fourth-order valence-corrected chi connectivity index (χ4v) is 3.21. The van der Waals surface area contributed by atoms with Crippen LogP contribution in [0.1, 0.15) is 58.3 Å². The lowest BCUT2D eigenvalue weighted by Crippen LogP contribution is -2.42. The second-order valence-electron chi connectivity index (χ2n) is 5.76. The molecule has 0 aromatic heterocycles. The molecule has 3 atom stereocenters. The largest absolute Gasteiger partial charge is 0.396 e. The number of aliphatic hydroxyl groups is 1. The number of hydrogen-bond acceptors (Lipinski definition) is 2. The Morgan fingerprint density at radius 1 is 1.25 bits per heavy atom. The van der Waals surface area contributed by atoms with Gasteiger partial charge in [-0.1, -0.05) is 26.2 Å². The molecule has 0 heterocycles. The molecule has 0 aromatic rings. The van der Waals surface area contributed by atoms with Crippen molar-refractivity contribution in [1.29, 1.82) is 0 Å². The predicted molar refractivity (Wildman–Crippen MR) is 67.4 cm³/mol. The highest BCUT2D eigenvalue weighted by Gasteiger charge is 2.33. The van der Waals surface area contributed by atoms with Crippen LogP contribution in [-0.4, -0.2) is 23.8 Å². The van der Waals surface area contributed by atoms with Gasteiger partial charge in [0, 0.05) is 18.7 Å². The maximum absolute atomic E-state index is 9.10. The minimum absolute atomic E-state index is 0.345. The zero-order valence-electron chi connectivity index (χ0n) is 10.6. The molecule has 2 saturated carbocycles. The Morgan fingerprint density at radius 3 is 2.69 bits per heavy atom. The van der Waals surface area contributed by atoms with Crippen LogP contribution in [0.4, 0.5) is 0 Å². The van der Waals surface area contributed by atoms with Gasteiger partial charge in [-0.2, -0.15) is 0 Å². The van der Waals surface area contributed by atoms with Crippen LogP contribution in [0, 0.1) is 11.8 Å². The van der Waals surface area contributed by atoms with E-state index in [-0.39, 0.29) is 0 Å². The van der Waals surface area contributed by atoms with E-state index in [0.29, 0.717) is 12.6 Å². The molecule has 3 unspecified atom stereocenters. The SMILES string of the molecule is CCC1CCCC(NC(CCO)C2CC2)C1. The molecule has 0 saturated heterocycles. The van der Waals surface area contributed by atoms with E-state index in [1.54, 1.807) is 0 Å². The molecular weight excluding hydrogens is 198 g/mol. The van der Waals surface area contributed by atoms with E-state index in [9.17, 15) is 0 Å². The molecule has 0 radical (unpaired) electrons. The van der Waals surface area contributed by atoms with E-state index < -0.39 is 0 Å². The van der Waals surface area contributed by atoms with Crippen molar-refractivity contribution in [3.63, 3.8) is 0 Å². The molecule has 94 valence electrons. The molecule has 0 bridgehead atoms. The molecule has 2 rings (SSSR count). The zero-order chi connectivity index (χ0) is 11.4. The van der Waals surface area contributed by atoms with E-state index in [4.69, 9.17) is 5.11 Å². The second kappa shape index (κ2) is 6.02. The molecule has 2 aliphatic carbocycles. The Kier molecular flexibility index (Phi) is 4.66. The number of nitrogens with one attached hydrogen (secondary N) is 1. The second-order valence-corrected chi connectivity index (χ2v) is 5.76. The van der Waals surface area contributed by atoms with Gasteiger partial charge in [0.2, 0.25) is 0 Å². The highest BCUT2D eigenvalue weighted by Crippen LogP contribution is 2.35. The van der Waals surface area contributed by atoms with Crippen LogP contribution in [-0.2, 0) is 0 Å².